The molecule has 0 atom stereocenters. The first-order chi connectivity index (χ1) is 9.39. The summed E-state index contributed by atoms with van der Waals surface area (Å²) < 4.78 is 0. The lowest BCUT2D eigenvalue weighted by Gasteiger charge is -2.33. The number of likely N-dealkylation sites (tertiary alicyclic amines) is 1. The number of aryl methyl sites for hydroxylation is 1. The van der Waals surface area contributed by atoms with Crippen molar-refractivity contribution in [1.29, 1.82) is 0 Å². The first-order valence-corrected chi connectivity index (χ1v) is 7.00. The molecule has 0 saturated carbocycles. The van der Waals surface area contributed by atoms with E-state index in [1.165, 1.54) is 6.07 Å². The van der Waals surface area contributed by atoms with Gasteiger partial charge in [-0.05, 0) is 46.7 Å². The maximum atomic E-state index is 12.3. The topological polar surface area (TPSA) is 78.1 Å². The van der Waals surface area contributed by atoms with Crippen molar-refractivity contribution in [2.75, 3.05) is 13.1 Å². The summed E-state index contributed by atoms with van der Waals surface area (Å²) in [5, 5.41) is 2.87. The molecule has 6 nitrogen and oxygen atoms in total. The second-order valence-electron chi connectivity index (χ2n) is 5.76. The van der Waals surface area contributed by atoms with Crippen molar-refractivity contribution in [2.24, 2.45) is 0 Å². The molecule has 1 aliphatic rings. The molecule has 0 aliphatic carbocycles. The normalized spacial score (nSPS) is 16.4. The third-order valence-electron chi connectivity index (χ3n) is 3.80. The molecule has 20 heavy (non-hydrogen) atoms. The van der Waals surface area contributed by atoms with Gasteiger partial charge in [-0.3, -0.25) is 14.5 Å². The number of amides is 1. The summed E-state index contributed by atoms with van der Waals surface area (Å²) in [5.41, 5.74) is -0.135. The summed E-state index contributed by atoms with van der Waals surface area (Å²) in [7, 11) is 0. The maximum Gasteiger partial charge on any atom is 0.251 e. The minimum absolute atomic E-state index is 0.0286. The number of H-pyrrole nitrogens is 1. The summed E-state index contributed by atoms with van der Waals surface area (Å²) in [5.74, 6) is 0.527. The van der Waals surface area contributed by atoms with Gasteiger partial charge < -0.3 is 10.3 Å². The minimum Gasteiger partial charge on any atom is -0.349 e. The number of hydrogen-bond acceptors (Lipinski definition) is 4. The smallest absolute Gasteiger partial charge is 0.251 e. The van der Waals surface area contributed by atoms with E-state index in [0.29, 0.717) is 11.5 Å². The lowest BCUT2D eigenvalue weighted by Crippen LogP contribution is -2.53. The molecule has 1 fully saturated rings. The van der Waals surface area contributed by atoms with E-state index < -0.39 is 5.54 Å². The zero-order valence-electron chi connectivity index (χ0n) is 12.3. The fourth-order valence-corrected chi connectivity index (χ4v) is 2.54. The highest BCUT2D eigenvalue weighted by atomic mass is 16.2. The van der Waals surface area contributed by atoms with Crippen LogP contribution in [-0.2, 0) is 11.3 Å². The zero-order valence-corrected chi connectivity index (χ0v) is 12.3. The number of rotatable bonds is 4. The van der Waals surface area contributed by atoms with E-state index in [0.717, 1.165) is 25.9 Å². The van der Waals surface area contributed by atoms with Gasteiger partial charge in [0.2, 0.25) is 5.91 Å². The molecule has 2 rings (SSSR count). The van der Waals surface area contributed by atoms with Gasteiger partial charge in [-0.25, -0.2) is 4.98 Å². The number of nitrogens with one attached hydrogen (secondary N) is 2. The number of carbonyl (C=O) groups excluding carboxylic acids is 1. The van der Waals surface area contributed by atoms with Crippen molar-refractivity contribution in [3.8, 4) is 0 Å². The van der Waals surface area contributed by atoms with E-state index >= 15 is 0 Å². The Morgan fingerprint density at radius 1 is 1.45 bits per heavy atom. The molecular formula is C14H22N4O2. The van der Waals surface area contributed by atoms with Gasteiger partial charge in [-0.1, -0.05) is 0 Å². The van der Waals surface area contributed by atoms with Crippen LogP contribution in [0, 0.1) is 6.92 Å². The summed E-state index contributed by atoms with van der Waals surface area (Å²) >= 11 is 0. The zero-order chi connectivity index (χ0) is 14.8. The first-order valence-electron chi connectivity index (χ1n) is 7.00. The predicted molar refractivity (Wildman–Crippen MR) is 76.3 cm³/mol. The van der Waals surface area contributed by atoms with Crippen LogP contribution in [0.4, 0.5) is 0 Å². The molecule has 6 heteroatoms. The minimum atomic E-state index is -0.521. The van der Waals surface area contributed by atoms with Crippen molar-refractivity contribution in [1.82, 2.24) is 20.2 Å². The molecule has 0 radical (unpaired) electrons. The van der Waals surface area contributed by atoms with Crippen molar-refractivity contribution in [3.05, 3.63) is 27.9 Å². The van der Waals surface area contributed by atoms with Crippen LogP contribution in [0.3, 0.4) is 0 Å². The molecule has 0 aromatic carbocycles. The first kappa shape index (κ1) is 14.7. The van der Waals surface area contributed by atoms with Crippen LogP contribution in [-0.4, -0.2) is 39.4 Å². The molecule has 0 bridgehead atoms. The van der Waals surface area contributed by atoms with Gasteiger partial charge in [0.05, 0.1) is 17.8 Å². The molecule has 0 unspecified atom stereocenters. The Labute approximate surface area is 118 Å². The Balaban J connectivity index is 1.99. The number of carbonyl (C=O) groups is 1. The van der Waals surface area contributed by atoms with E-state index in [-0.39, 0.29) is 18.0 Å². The Kier molecular flexibility index (Phi) is 4.23. The van der Waals surface area contributed by atoms with Crippen molar-refractivity contribution in [3.63, 3.8) is 0 Å². The van der Waals surface area contributed by atoms with E-state index in [1.54, 1.807) is 6.92 Å². The lowest BCUT2D eigenvalue weighted by atomic mass is 10.0. The number of aromatic amines is 1. The van der Waals surface area contributed by atoms with E-state index in [9.17, 15) is 9.59 Å². The summed E-state index contributed by atoms with van der Waals surface area (Å²) in [6.07, 6.45) is 2.29. The van der Waals surface area contributed by atoms with Crippen LogP contribution in [0.15, 0.2) is 10.9 Å². The second-order valence-corrected chi connectivity index (χ2v) is 5.76. The van der Waals surface area contributed by atoms with E-state index in [4.69, 9.17) is 0 Å². The highest BCUT2D eigenvalue weighted by Gasteiger charge is 2.35. The van der Waals surface area contributed by atoms with Gasteiger partial charge in [0, 0.05) is 6.07 Å². The summed E-state index contributed by atoms with van der Waals surface area (Å²) in [6, 6.07) is 1.41. The number of nitrogens with zero attached hydrogens (tertiary/aromatic N) is 2. The Bertz CT molecular complexity index is 544. The SMILES string of the molecule is Cc1nc(CNC(=O)C(C)(C)N2CCCC2)cc(=O)[nH]1. The molecular weight excluding hydrogens is 256 g/mol. The standard InChI is InChI=1S/C14H22N4O2/c1-10-16-11(8-12(19)17-10)9-15-13(20)14(2,3)18-6-4-5-7-18/h8H,4-7,9H2,1-3H3,(H,15,20)(H,16,17,19). The lowest BCUT2D eigenvalue weighted by molar-refractivity contribution is -0.131. The average Bonchev–Trinajstić information content (AvgIpc) is 2.89. The largest absolute Gasteiger partial charge is 0.349 e. The third-order valence-corrected chi connectivity index (χ3v) is 3.80. The molecule has 1 amide bonds. The van der Waals surface area contributed by atoms with E-state index in [2.05, 4.69) is 20.2 Å². The van der Waals surface area contributed by atoms with Crippen LogP contribution >= 0.6 is 0 Å². The summed E-state index contributed by atoms with van der Waals surface area (Å²) in [6.45, 7) is 7.79. The number of aromatic nitrogens is 2. The monoisotopic (exact) mass is 278 g/mol. The number of hydrogen-bond donors (Lipinski definition) is 2. The second kappa shape index (κ2) is 5.75. The maximum absolute atomic E-state index is 12.3. The highest BCUT2D eigenvalue weighted by molar-refractivity contribution is 5.85. The van der Waals surface area contributed by atoms with Gasteiger partial charge in [0.25, 0.3) is 5.56 Å². The van der Waals surface area contributed by atoms with Crippen molar-refractivity contribution >= 4 is 5.91 Å². The molecule has 1 aromatic heterocycles. The van der Waals surface area contributed by atoms with Crippen molar-refractivity contribution < 1.29 is 4.79 Å². The fourth-order valence-electron chi connectivity index (χ4n) is 2.54. The Morgan fingerprint density at radius 3 is 2.70 bits per heavy atom. The van der Waals surface area contributed by atoms with Crippen LogP contribution in [0.5, 0.6) is 0 Å². The van der Waals surface area contributed by atoms with Gasteiger partial charge in [-0.15, -0.1) is 0 Å². The molecule has 2 heterocycles. The fraction of sp³-hybridized carbons (Fsp3) is 0.643. The molecule has 110 valence electrons. The average molecular weight is 278 g/mol. The molecule has 2 N–H and O–H groups in total. The molecule has 1 saturated heterocycles. The molecule has 0 spiro atoms. The van der Waals surface area contributed by atoms with Crippen LogP contribution < -0.4 is 10.9 Å². The van der Waals surface area contributed by atoms with Gasteiger partial charge in [-0.2, -0.15) is 0 Å². The predicted octanol–water partition coefficient (Wildman–Crippen LogP) is 0.569. The van der Waals surface area contributed by atoms with Crippen molar-refractivity contribution in [2.45, 2.75) is 45.7 Å². The third kappa shape index (κ3) is 3.25. The Morgan fingerprint density at radius 2 is 2.10 bits per heavy atom. The van der Waals surface area contributed by atoms with Gasteiger partial charge >= 0.3 is 0 Å². The van der Waals surface area contributed by atoms with Crippen LogP contribution in [0.25, 0.3) is 0 Å². The Hall–Kier alpha value is -1.69. The summed E-state index contributed by atoms with van der Waals surface area (Å²) in [4.78, 5) is 32.7. The van der Waals surface area contributed by atoms with Gasteiger partial charge in [0.1, 0.15) is 5.82 Å². The van der Waals surface area contributed by atoms with E-state index in [1.807, 2.05) is 13.8 Å². The van der Waals surface area contributed by atoms with Crippen LogP contribution in [0.1, 0.15) is 38.2 Å². The highest BCUT2D eigenvalue weighted by Crippen LogP contribution is 2.21. The van der Waals surface area contributed by atoms with Crippen LogP contribution in [0.2, 0.25) is 0 Å². The molecule has 1 aliphatic heterocycles. The van der Waals surface area contributed by atoms with Gasteiger partial charge in [0.15, 0.2) is 0 Å². The quantitative estimate of drug-likeness (QED) is 0.844. The molecule has 1 aromatic rings.